The Balaban J connectivity index is 1.80. The van der Waals surface area contributed by atoms with Crippen LogP contribution in [-0.4, -0.2) is 29.8 Å². The molecular weight excluding hydrogens is 331 g/mol. The monoisotopic (exact) mass is 356 g/mol. The maximum atomic E-state index is 12.9. The number of amides is 2. The van der Waals surface area contributed by atoms with Crippen molar-refractivity contribution >= 4 is 11.8 Å². The fourth-order valence-corrected chi connectivity index (χ4v) is 2.72. The number of carbonyl (C=O) groups excluding carboxylic acids is 2. The third-order valence-electron chi connectivity index (χ3n) is 4.31. The van der Waals surface area contributed by atoms with Gasteiger partial charge in [-0.1, -0.05) is 42.5 Å². The quantitative estimate of drug-likeness (QED) is 0.787. The molecule has 4 nitrogen and oxygen atoms in total. The van der Waals surface area contributed by atoms with Gasteiger partial charge >= 0.3 is 0 Å². The van der Waals surface area contributed by atoms with Gasteiger partial charge in [0.25, 0.3) is 0 Å². The number of carbonyl (C=O) groups is 2. The van der Waals surface area contributed by atoms with E-state index in [0.717, 1.165) is 11.1 Å². The molecule has 2 amide bonds. The Kier molecular flexibility index (Phi) is 7.33. The molecule has 0 bridgehead atoms. The number of nitrogens with zero attached hydrogens (tertiary/aromatic N) is 1. The highest BCUT2D eigenvalue weighted by Crippen LogP contribution is 2.11. The number of benzene rings is 2. The predicted octanol–water partition coefficient (Wildman–Crippen LogP) is 3.48. The van der Waals surface area contributed by atoms with E-state index < -0.39 is 0 Å². The van der Waals surface area contributed by atoms with Crippen LogP contribution in [-0.2, 0) is 16.0 Å². The molecule has 0 aromatic heterocycles. The van der Waals surface area contributed by atoms with Crippen molar-refractivity contribution in [3.05, 3.63) is 71.5 Å². The Morgan fingerprint density at radius 1 is 1.04 bits per heavy atom. The third-order valence-corrected chi connectivity index (χ3v) is 4.31. The zero-order chi connectivity index (χ0) is 18.9. The van der Waals surface area contributed by atoms with Crippen molar-refractivity contribution in [3.8, 4) is 0 Å². The van der Waals surface area contributed by atoms with E-state index in [1.54, 1.807) is 17.0 Å². The van der Waals surface area contributed by atoms with Crippen LogP contribution in [0.4, 0.5) is 4.39 Å². The molecule has 0 aliphatic heterocycles. The van der Waals surface area contributed by atoms with Crippen LogP contribution in [0.15, 0.2) is 54.6 Å². The Morgan fingerprint density at radius 3 is 2.31 bits per heavy atom. The van der Waals surface area contributed by atoms with Crippen LogP contribution < -0.4 is 5.32 Å². The molecule has 1 N–H and O–H groups in total. The average molecular weight is 356 g/mol. The first-order chi connectivity index (χ1) is 12.5. The lowest BCUT2D eigenvalue weighted by molar-refractivity contribution is -0.129. The summed E-state index contributed by atoms with van der Waals surface area (Å²) in [6.45, 7) is 4.30. The van der Waals surface area contributed by atoms with Crippen molar-refractivity contribution in [2.75, 3.05) is 13.1 Å². The van der Waals surface area contributed by atoms with E-state index in [0.29, 0.717) is 19.5 Å². The topological polar surface area (TPSA) is 49.4 Å². The van der Waals surface area contributed by atoms with Crippen LogP contribution in [0.1, 0.15) is 37.4 Å². The van der Waals surface area contributed by atoms with Gasteiger partial charge < -0.3 is 10.2 Å². The second kappa shape index (κ2) is 9.70. The Bertz CT molecular complexity index is 717. The van der Waals surface area contributed by atoms with Crippen LogP contribution >= 0.6 is 0 Å². The number of rotatable bonds is 8. The standard InChI is InChI=1S/C21H25FN2O2/c1-16(19-6-4-3-5-7-19)23-21(26)13-15-24(17(2)25)14-12-18-8-10-20(22)11-9-18/h3-11,16H,12-15H2,1-2H3,(H,23,26). The van der Waals surface area contributed by atoms with Crippen LogP contribution in [0.2, 0.25) is 0 Å². The van der Waals surface area contributed by atoms with Crippen LogP contribution in [0, 0.1) is 5.82 Å². The van der Waals surface area contributed by atoms with Crippen molar-refractivity contribution in [2.24, 2.45) is 0 Å². The van der Waals surface area contributed by atoms with Crippen LogP contribution in [0.25, 0.3) is 0 Å². The van der Waals surface area contributed by atoms with Crippen molar-refractivity contribution in [1.29, 1.82) is 0 Å². The van der Waals surface area contributed by atoms with Crippen molar-refractivity contribution in [1.82, 2.24) is 10.2 Å². The molecule has 0 spiro atoms. The first-order valence-electron chi connectivity index (χ1n) is 8.80. The van der Waals surface area contributed by atoms with E-state index in [4.69, 9.17) is 0 Å². The normalized spacial score (nSPS) is 11.7. The molecule has 0 heterocycles. The molecule has 0 aliphatic carbocycles. The van der Waals surface area contributed by atoms with Gasteiger partial charge in [-0.2, -0.15) is 0 Å². The van der Waals surface area contributed by atoms with Gasteiger partial charge in [-0.25, -0.2) is 4.39 Å². The number of halogens is 1. The maximum Gasteiger partial charge on any atom is 0.222 e. The van der Waals surface area contributed by atoms with Gasteiger partial charge in [0.15, 0.2) is 0 Å². The number of nitrogens with one attached hydrogen (secondary N) is 1. The summed E-state index contributed by atoms with van der Waals surface area (Å²) in [6.07, 6.45) is 0.877. The van der Waals surface area contributed by atoms with E-state index in [1.165, 1.54) is 19.1 Å². The molecular formula is C21H25FN2O2. The average Bonchev–Trinajstić information content (AvgIpc) is 2.63. The zero-order valence-corrected chi connectivity index (χ0v) is 15.2. The molecule has 2 rings (SSSR count). The Labute approximate surface area is 154 Å². The molecule has 1 unspecified atom stereocenters. The lowest BCUT2D eigenvalue weighted by Crippen LogP contribution is -2.35. The Hall–Kier alpha value is -2.69. The summed E-state index contributed by atoms with van der Waals surface area (Å²) in [5.41, 5.74) is 2.00. The summed E-state index contributed by atoms with van der Waals surface area (Å²) in [7, 11) is 0. The molecule has 5 heteroatoms. The minimum absolute atomic E-state index is 0.0731. The molecule has 0 radical (unpaired) electrons. The van der Waals surface area contributed by atoms with Crippen molar-refractivity contribution in [3.63, 3.8) is 0 Å². The zero-order valence-electron chi connectivity index (χ0n) is 15.2. The van der Waals surface area contributed by atoms with Gasteiger partial charge in [0.05, 0.1) is 6.04 Å². The summed E-state index contributed by atoms with van der Waals surface area (Å²) < 4.78 is 12.9. The number of hydrogen-bond donors (Lipinski definition) is 1. The lowest BCUT2D eigenvalue weighted by Gasteiger charge is -2.21. The van der Waals surface area contributed by atoms with Crippen LogP contribution in [0.5, 0.6) is 0 Å². The van der Waals surface area contributed by atoms with Gasteiger partial charge in [0.2, 0.25) is 11.8 Å². The molecule has 138 valence electrons. The van der Waals surface area contributed by atoms with Gasteiger partial charge in [-0.15, -0.1) is 0 Å². The minimum atomic E-state index is -0.276. The van der Waals surface area contributed by atoms with Gasteiger partial charge in [0, 0.05) is 26.4 Å². The first kappa shape index (κ1) is 19.6. The maximum absolute atomic E-state index is 12.9. The van der Waals surface area contributed by atoms with E-state index in [-0.39, 0.29) is 30.1 Å². The highest BCUT2D eigenvalue weighted by molar-refractivity contribution is 5.78. The van der Waals surface area contributed by atoms with Crippen molar-refractivity contribution < 1.29 is 14.0 Å². The molecule has 0 saturated carbocycles. The van der Waals surface area contributed by atoms with E-state index in [1.807, 2.05) is 37.3 Å². The molecule has 0 fully saturated rings. The SMILES string of the molecule is CC(=O)N(CCC(=O)NC(C)c1ccccc1)CCc1ccc(F)cc1. The van der Waals surface area contributed by atoms with Gasteiger partial charge in [0.1, 0.15) is 5.82 Å². The summed E-state index contributed by atoms with van der Waals surface area (Å²) in [5, 5.41) is 2.95. The largest absolute Gasteiger partial charge is 0.350 e. The van der Waals surface area contributed by atoms with E-state index in [9.17, 15) is 14.0 Å². The predicted molar refractivity (Wildman–Crippen MR) is 100.0 cm³/mol. The lowest BCUT2D eigenvalue weighted by atomic mass is 10.1. The van der Waals surface area contributed by atoms with E-state index >= 15 is 0 Å². The summed E-state index contributed by atoms with van der Waals surface area (Å²) in [4.78, 5) is 25.6. The molecule has 0 aliphatic rings. The van der Waals surface area contributed by atoms with Crippen LogP contribution in [0.3, 0.4) is 0 Å². The summed E-state index contributed by atoms with van der Waals surface area (Å²) in [6, 6.07) is 15.9. The molecule has 26 heavy (non-hydrogen) atoms. The first-order valence-corrected chi connectivity index (χ1v) is 8.80. The Morgan fingerprint density at radius 2 is 1.69 bits per heavy atom. The molecule has 2 aromatic carbocycles. The number of hydrogen-bond acceptors (Lipinski definition) is 2. The highest BCUT2D eigenvalue weighted by atomic mass is 19.1. The second-order valence-corrected chi connectivity index (χ2v) is 6.33. The molecule has 0 saturated heterocycles. The van der Waals surface area contributed by atoms with Gasteiger partial charge in [-0.05, 0) is 36.6 Å². The fraction of sp³-hybridized carbons (Fsp3) is 0.333. The third kappa shape index (κ3) is 6.31. The summed E-state index contributed by atoms with van der Waals surface area (Å²) >= 11 is 0. The fourth-order valence-electron chi connectivity index (χ4n) is 2.72. The molecule has 2 aromatic rings. The van der Waals surface area contributed by atoms with E-state index in [2.05, 4.69) is 5.32 Å². The second-order valence-electron chi connectivity index (χ2n) is 6.33. The minimum Gasteiger partial charge on any atom is -0.350 e. The summed E-state index contributed by atoms with van der Waals surface area (Å²) in [5.74, 6) is -0.438. The highest BCUT2D eigenvalue weighted by Gasteiger charge is 2.13. The smallest absolute Gasteiger partial charge is 0.222 e. The van der Waals surface area contributed by atoms with Crippen molar-refractivity contribution in [2.45, 2.75) is 32.7 Å². The van der Waals surface area contributed by atoms with Gasteiger partial charge in [-0.3, -0.25) is 9.59 Å². The molecule has 1 atom stereocenters.